The Morgan fingerprint density at radius 3 is 2.52 bits per heavy atom. The van der Waals surface area contributed by atoms with Crippen LogP contribution in [0.3, 0.4) is 0 Å². The van der Waals surface area contributed by atoms with Gasteiger partial charge in [-0.2, -0.15) is 13.2 Å². The Balaban J connectivity index is 2.59. The van der Waals surface area contributed by atoms with Crippen molar-refractivity contribution in [1.82, 2.24) is 5.32 Å². The maximum atomic E-state index is 12.0. The predicted molar refractivity (Wildman–Crippen MR) is 75.5 cm³/mol. The van der Waals surface area contributed by atoms with Crippen LogP contribution in [0, 0.1) is 0 Å². The summed E-state index contributed by atoms with van der Waals surface area (Å²) < 4.78 is 46.4. The molecule has 3 nitrogen and oxygen atoms in total. The quantitative estimate of drug-likeness (QED) is 0.706. The maximum Gasteiger partial charge on any atom is 0.411 e. The summed E-state index contributed by atoms with van der Waals surface area (Å²) in [5.74, 6) is 0.759. The second-order valence-electron chi connectivity index (χ2n) is 4.68. The lowest BCUT2D eigenvalue weighted by Gasteiger charge is -2.20. The van der Waals surface area contributed by atoms with Gasteiger partial charge in [0.05, 0.1) is 6.61 Å². The number of nitrogens with one attached hydrogen (secondary N) is 1. The van der Waals surface area contributed by atoms with Crippen molar-refractivity contribution in [2.24, 2.45) is 0 Å². The molecular formula is C15H22F3NO2. The van der Waals surface area contributed by atoms with Gasteiger partial charge in [0, 0.05) is 18.2 Å². The van der Waals surface area contributed by atoms with Crippen LogP contribution in [0.4, 0.5) is 13.2 Å². The summed E-state index contributed by atoms with van der Waals surface area (Å²) in [6, 6.07) is 7.43. The summed E-state index contributed by atoms with van der Waals surface area (Å²) in [4.78, 5) is 0. The maximum absolute atomic E-state index is 12.0. The van der Waals surface area contributed by atoms with Gasteiger partial charge in [-0.3, -0.25) is 0 Å². The molecule has 0 fully saturated rings. The molecule has 1 unspecified atom stereocenters. The van der Waals surface area contributed by atoms with E-state index < -0.39 is 12.8 Å². The summed E-state index contributed by atoms with van der Waals surface area (Å²) >= 11 is 0. The highest BCUT2D eigenvalue weighted by atomic mass is 19.4. The first-order valence-electron chi connectivity index (χ1n) is 7.01. The van der Waals surface area contributed by atoms with Crippen LogP contribution in [0.15, 0.2) is 24.3 Å². The summed E-state index contributed by atoms with van der Waals surface area (Å²) in [6.07, 6.45) is -2.94. The van der Waals surface area contributed by atoms with Gasteiger partial charge in [0.2, 0.25) is 0 Å². The van der Waals surface area contributed by atoms with Crippen LogP contribution in [-0.4, -0.2) is 33.0 Å². The zero-order valence-electron chi connectivity index (χ0n) is 12.4. The smallest absolute Gasteiger partial charge is 0.411 e. The minimum Gasteiger partial charge on any atom is -0.493 e. The second-order valence-corrected chi connectivity index (χ2v) is 4.68. The Hall–Kier alpha value is -1.27. The number of para-hydroxylation sites is 1. The van der Waals surface area contributed by atoms with Crippen molar-refractivity contribution >= 4 is 0 Å². The van der Waals surface area contributed by atoms with Crippen molar-refractivity contribution in [2.75, 3.05) is 26.9 Å². The molecule has 120 valence electrons. The van der Waals surface area contributed by atoms with Crippen LogP contribution < -0.4 is 10.1 Å². The van der Waals surface area contributed by atoms with Crippen molar-refractivity contribution < 1.29 is 22.6 Å². The van der Waals surface area contributed by atoms with Crippen LogP contribution in [-0.2, 0) is 4.74 Å². The average Bonchev–Trinajstić information content (AvgIpc) is 2.45. The summed E-state index contributed by atoms with van der Waals surface area (Å²) in [7, 11) is 1.77. The fourth-order valence-corrected chi connectivity index (χ4v) is 1.96. The summed E-state index contributed by atoms with van der Waals surface area (Å²) in [5.41, 5.74) is 0.934. The van der Waals surface area contributed by atoms with E-state index in [1.165, 1.54) is 0 Å². The Kier molecular flexibility index (Phi) is 7.53. The van der Waals surface area contributed by atoms with Gasteiger partial charge in [0.15, 0.2) is 0 Å². The normalized spacial score (nSPS) is 13.2. The number of halogens is 3. The van der Waals surface area contributed by atoms with E-state index in [0.29, 0.717) is 13.0 Å². The second kappa shape index (κ2) is 8.89. The van der Waals surface area contributed by atoms with Gasteiger partial charge >= 0.3 is 6.18 Å². The van der Waals surface area contributed by atoms with Crippen molar-refractivity contribution in [1.29, 1.82) is 0 Å². The standard InChI is InChI=1S/C15H22F3NO2/c1-3-9-21-14-7-5-4-6-12(14)13(19-2)8-10-20-11-15(16,17)18/h4-7,13,19H,3,8-11H2,1-2H3. The lowest BCUT2D eigenvalue weighted by Crippen LogP contribution is -2.22. The fraction of sp³-hybridized carbons (Fsp3) is 0.600. The number of hydrogen-bond acceptors (Lipinski definition) is 3. The zero-order valence-corrected chi connectivity index (χ0v) is 12.4. The molecule has 0 aliphatic rings. The Morgan fingerprint density at radius 1 is 1.19 bits per heavy atom. The van der Waals surface area contributed by atoms with Crippen LogP contribution in [0.5, 0.6) is 5.75 Å². The van der Waals surface area contributed by atoms with Crippen molar-refractivity contribution in [3.63, 3.8) is 0 Å². The van der Waals surface area contributed by atoms with Crippen molar-refractivity contribution in [3.05, 3.63) is 29.8 Å². The molecule has 0 amide bonds. The predicted octanol–water partition coefficient (Wildman–Crippen LogP) is 3.70. The SMILES string of the molecule is CCCOc1ccccc1C(CCOCC(F)(F)F)NC. The van der Waals surface area contributed by atoms with Crippen LogP contribution >= 0.6 is 0 Å². The molecule has 0 aromatic heterocycles. The van der Waals surface area contributed by atoms with Crippen LogP contribution in [0.25, 0.3) is 0 Å². The third-order valence-electron chi connectivity index (χ3n) is 2.92. The molecule has 0 spiro atoms. The highest BCUT2D eigenvalue weighted by Gasteiger charge is 2.27. The molecule has 0 aliphatic heterocycles. The topological polar surface area (TPSA) is 30.5 Å². The zero-order chi connectivity index (χ0) is 15.7. The molecule has 1 atom stereocenters. The third kappa shape index (κ3) is 6.82. The van der Waals surface area contributed by atoms with E-state index in [0.717, 1.165) is 17.7 Å². The van der Waals surface area contributed by atoms with Gasteiger partial charge in [-0.15, -0.1) is 0 Å². The number of hydrogen-bond donors (Lipinski definition) is 1. The summed E-state index contributed by atoms with van der Waals surface area (Å²) in [5, 5.41) is 3.09. The molecule has 0 radical (unpaired) electrons. The van der Waals surface area contributed by atoms with E-state index >= 15 is 0 Å². The van der Waals surface area contributed by atoms with Gasteiger partial charge in [0.25, 0.3) is 0 Å². The first-order valence-corrected chi connectivity index (χ1v) is 7.01. The highest BCUT2D eigenvalue weighted by Crippen LogP contribution is 2.27. The first-order chi connectivity index (χ1) is 9.98. The Morgan fingerprint density at radius 2 is 1.90 bits per heavy atom. The highest BCUT2D eigenvalue weighted by molar-refractivity contribution is 5.35. The molecule has 0 heterocycles. The Bertz CT molecular complexity index is 410. The molecule has 1 aromatic carbocycles. The molecular weight excluding hydrogens is 283 g/mol. The summed E-state index contributed by atoms with van der Waals surface area (Å²) in [6.45, 7) is 1.45. The minimum absolute atomic E-state index is 0.0348. The number of rotatable bonds is 9. The van der Waals surface area contributed by atoms with Gasteiger partial charge in [-0.05, 0) is 26.0 Å². The molecule has 1 aromatic rings. The van der Waals surface area contributed by atoms with Crippen molar-refractivity contribution in [3.8, 4) is 5.75 Å². The van der Waals surface area contributed by atoms with Crippen LogP contribution in [0.1, 0.15) is 31.4 Å². The van der Waals surface area contributed by atoms with Gasteiger partial charge in [-0.25, -0.2) is 0 Å². The van der Waals surface area contributed by atoms with E-state index in [1.807, 2.05) is 31.2 Å². The van der Waals surface area contributed by atoms with E-state index in [1.54, 1.807) is 7.05 Å². The van der Waals surface area contributed by atoms with Gasteiger partial charge < -0.3 is 14.8 Å². The molecule has 6 heteroatoms. The number of benzene rings is 1. The molecule has 1 N–H and O–H groups in total. The lowest BCUT2D eigenvalue weighted by molar-refractivity contribution is -0.174. The van der Waals surface area contributed by atoms with Crippen LogP contribution in [0.2, 0.25) is 0 Å². The monoisotopic (exact) mass is 305 g/mol. The van der Waals surface area contributed by atoms with Gasteiger partial charge in [-0.1, -0.05) is 25.1 Å². The molecule has 0 saturated carbocycles. The van der Waals surface area contributed by atoms with Crippen molar-refractivity contribution in [2.45, 2.75) is 32.0 Å². The Labute approximate surface area is 123 Å². The van der Waals surface area contributed by atoms with E-state index in [4.69, 9.17) is 4.74 Å². The fourth-order valence-electron chi connectivity index (χ4n) is 1.96. The molecule has 21 heavy (non-hydrogen) atoms. The molecule has 0 saturated heterocycles. The molecule has 0 aliphatic carbocycles. The number of alkyl halides is 3. The third-order valence-corrected chi connectivity index (χ3v) is 2.92. The molecule has 1 rings (SSSR count). The number of ether oxygens (including phenoxy) is 2. The van der Waals surface area contributed by atoms with Gasteiger partial charge in [0.1, 0.15) is 12.4 Å². The lowest BCUT2D eigenvalue weighted by atomic mass is 10.0. The average molecular weight is 305 g/mol. The molecule has 0 bridgehead atoms. The largest absolute Gasteiger partial charge is 0.493 e. The van der Waals surface area contributed by atoms with E-state index in [9.17, 15) is 13.2 Å². The van der Waals surface area contributed by atoms with E-state index in [-0.39, 0.29) is 12.6 Å². The van der Waals surface area contributed by atoms with E-state index in [2.05, 4.69) is 10.1 Å². The first kappa shape index (κ1) is 17.8. The minimum atomic E-state index is -4.28.